The van der Waals surface area contributed by atoms with Crippen LogP contribution in [0, 0.1) is 11.3 Å². The number of rotatable bonds is 1. The summed E-state index contributed by atoms with van der Waals surface area (Å²) < 4.78 is 7.57. The van der Waals surface area contributed by atoms with Crippen LogP contribution in [0.15, 0.2) is 35.3 Å². The molecule has 28 heavy (non-hydrogen) atoms. The minimum atomic E-state index is -0.483. The summed E-state index contributed by atoms with van der Waals surface area (Å²) in [6.45, 7) is 0.361. The third-order valence-corrected chi connectivity index (χ3v) is 5.59. The lowest BCUT2D eigenvalue weighted by Gasteiger charge is -2.26. The summed E-state index contributed by atoms with van der Waals surface area (Å²) in [4.78, 5) is 30.9. The molecule has 9 nitrogen and oxygen atoms in total. The van der Waals surface area contributed by atoms with Crippen molar-refractivity contribution in [2.45, 2.75) is 18.5 Å². The van der Waals surface area contributed by atoms with E-state index in [1.807, 2.05) is 6.07 Å². The molecule has 2 aliphatic heterocycles. The number of pyridine rings is 1. The summed E-state index contributed by atoms with van der Waals surface area (Å²) in [5.74, 6) is -0.220. The molecule has 1 amide bonds. The van der Waals surface area contributed by atoms with Gasteiger partial charge in [-0.15, -0.1) is 0 Å². The van der Waals surface area contributed by atoms with E-state index >= 15 is 0 Å². The van der Waals surface area contributed by atoms with Crippen molar-refractivity contribution in [3.8, 4) is 17.6 Å². The van der Waals surface area contributed by atoms with Crippen LogP contribution < -0.4 is 5.69 Å². The molecule has 3 aromatic rings. The molecule has 1 aromatic carbocycles. The van der Waals surface area contributed by atoms with E-state index in [0.29, 0.717) is 35.1 Å². The standard InChI is InChI=1S/C19H15N5O4/c1-28-19(27)22-9-10-6-14(22)16-17(25)24(18(26)23(10)16)15-8-21-13(7-20)11-4-2-3-5-12(11)15/h2-5,8,10,14,25H,6,9H2,1H3/t10-,14-/m0/s1. The van der Waals surface area contributed by atoms with Gasteiger partial charge in [-0.1, -0.05) is 24.3 Å². The summed E-state index contributed by atoms with van der Waals surface area (Å²) in [6.07, 6.45) is 1.50. The Morgan fingerprint density at radius 1 is 1.36 bits per heavy atom. The number of hydrogen-bond donors (Lipinski definition) is 1. The lowest BCUT2D eigenvalue weighted by atomic mass is 10.1. The van der Waals surface area contributed by atoms with E-state index in [9.17, 15) is 20.0 Å². The summed E-state index contributed by atoms with van der Waals surface area (Å²) in [7, 11) is 1.31. The van der Waals surface area contributed by atoms with Gasteiger partial charge >= 0.3 is 11.8 Å². The lowest BCUT2D eigenvalue weighted by Crippen LogP contribution is -2.37. The van der Waals surface area contributed by atoms with Gasteiger partial charge in [-0.3, -0.25) is 9.47 Å². The number of nitriles is 1. The van der Waals surface area contributed by atoms with Gasteiger partial charge in [0.25, 0.3) is 0 Å². The van der Waals surface area contributed by atoms with Crippen LogP contribution in [0.1, 0.15) is 29.9 Å². The van der Waals surface area contributed by atoms with Gasteiger partial charge < -0.3 is 9.84 Å². The molecule has 2 bridgehead atoms. The van der Waals surface area contributed by atoms with E-state index in [2.05, 4.69) is 4.98 Å². The zero-order chi connectivity index (χ0) is 19.6. The van der Waals surface area contributed by atoms with Gasteiger partial charge in [-0.25, -0.2) is 19.1 Å². The topological polar surface area (TPSA) is 113 Å². The van der Waals surface area contributed by atoms with Crippen molar-refractivity contribution in [2.75, 3.05) is 13.7 Å². The van der Waals surface area contributed by atoms with Crippen LogP contribution in [0.5, 0.6) is 5.88 Å². The number of aromatic nitrogens is 3. The first-order valence-electron chi connectivity index (χ1n) is 8.75. The van der Waals surface area contributed by atoms with E-state index in [1.54, 1.807) is 28.8 Å². The van der Waals surface area contributed by atoms with Gasteiger partial charge in [0.1, 0.15) is 17.5 Å². The number of carbonyl (C=O) groups is 1. The van der Waals surface area contributed by atoms with Crippen LogP contribution in [-0.4, -0.2) is 43.9 Å². The number of hydrogen-bond acceptors (Lipinski definition) is 6. The minimum Gasteiger partial charge on any atom is -0.493 e. The predicted octanol–water partition coefficient (Wildman–Crippen LogP) is 1.83. The Balaban J connectivity index is 1.74. The maximum absolute atomic E-state index is 13.2. The van der Waals surface area contributed by atoms with Crippen LogP contribution >= 0.6 is 0 Å². The second kappa shape index (κ2) is 5.60. The highest BCUT2D eigenvalue weighted by molar-refractivity contribution is 5.93. The molecular formula is C19H15N5O4. The SMILES string of the molecule is COC(=O)N1C[C@@H]2C[C@H]1c1c(O)n(-c3cnc(C#N)c4ccccc34)c(=O)n12. The molecule has 4 heterocycles. The number of methoxy groups -OCH3 is 1. The van der Waals surface area contributed by atoms with E-state index in [-0.39, 0.29) is 23.3 Å². The van der Waals surface area contributed by atoms with Crippen molar-refractivity contribution in [3.05, 3.63) is 52.3 Å². The molecule has 2 aromatic heterocycles. The first kappa shape index (κ1) is 16.4. The van der Waals surface area contributed by atoms with Crippen molar-refractivity contribution in [3.63, 3.8) is 0 Å². The number of benzene rings is 1. The van der Waals surface area contributed by atoms with Gasteiger partial charge in [0.2, 0.25) is 5.88 Å². The van der Waals surface area contributed by atoms with Crippen LogP contribution in [0.25, 0.3) is 16.5 Å². The third-order valence-electron chi connectivity index (χ3n) is 5.59. The quantitative estimate of drug-likeness (QED) is 0.692. The Morgan fingerprint density at radius 3 is 2.82 bits per heavy atom. The summed E-state index contributed by atoms with van der Waals surface area (Å²) in [5.41, 5.74) is 0.653. The Kier molecular flexibility index (Phi) is 3.27. The molecule has 9 heteroatoms. The van der Waals surface area contributed by atoms with E-state index in [4.69, 9.17) is 4.74 Å². The summed E-state index contributed by atoms with van der Waals surface area (Å²) >= 11 is 0. The third kappa shape index (κ3) is 1.91. The molecule has 1 N–H and O–H groups in total. The number of aromatic hydroxyl groups is 1. The molecule has 140 valence electrons. The lowest BCUT2D eigenvalue weighted by molar-refractivity contribution is 0.112. The molecule has 0 aliphatic carbocycles. The maximum Gasteiger partial charge on any atom is 0.410 e. The smallest absolute Gasteiger partial charge is 0.410 e. The number of fused-ring (bicyclic) bond motifs is 6. The number of amides is 1. The van der Waals surface area contributed by atoms with Crippen LogP contribution in [-0.2, 0) is 4.74 Å². The second-order valence-corrected chi connectivity index (χ2v) is 6.87. The molecular weight excluding hydrogens is 362 g/mol. The average Bonchev–Trinajstić information content (AvgIpc) is 3.38. The number of ether oxygens (including phenoxy) is 1. The Labute approximate surface area is 158 Å². The molecule has 5 rings (SSSR count). The first-order valence-corrected chi connectivity index (χ1v) is 8.75. The normalized spacial score (nSPS) is 19.6. The Morgan fingerprint density at radius 2 is 2.11 bits per heavy atom. The zero-order valence-electron chi connectivity index (χ0n) is 14.9. The van der Waals surface area contributed by atoms with Crippen molar-refractivity contribution in [1.82, 2.24) is 19.0 Å². The van der Waals surface area contributed by atoms with Gasteiger partial charge in [-0.05, 0) is 6.42 Å². The van der Waals surface area contributed by atoms with Crippen molar-refractivity contribution in [2.24, 2.45) is 0 Å². The number of carbonyl (C=O) groups excluding carboxylic acids is 1. The highest BCUT2D eigenvalue weighted by Crippen LogP contribution is 2.48. The molecule has 2 aliphatic rings. The fourth-order valence-electron chi connectivity index (χ4n) is 4.43. The molecule has 0 spiro atoms. The van der Waals surface area contributed by atoms with Crippen molar-refractivity contribution in [1.29, 1.82) is 5.26 Å². The molecule has 2 atom stereocenters. The molecule has 1 saturated heterocycles. The van der Waals surface area contributed by atoms with Crippen molar-refractivity contribution >= 4 is 16.9 Å². The van der Waals surface area contributed by atoms with E-state index in [1.165, 1.54) is 22.8 Å². The molecule has 1 fully saturated rings. The number of likely N-dealkylation sites (tertiary alicyclic amines) is 1. The van der Waals surface area contributed by atoms with Crippen LogP contribution in [0.2, 0.25) is 0 Å². The van der Waals surface area contributed by atoms with Crippen LogP contribution in [0.3, 0.4) is 0 Å². The monoisotopic (exact) mass is 377 g/mol. The highest BCUT2D eigenvalue weighted by Gasteiger charge is 2.49. The maximum atomic E-state index is 13.2. The molecule has 0 saturated carbocycles. The van der Waals surface area contributed by atoms with Gasteiger partial charge in [0.05, 0.1) is 31.1 Å². The van der Waals surface area contributed by atoms with E-state index in [0.717, 1.165) is 0 Å². The fourth-order valence-corrected chi connectivity index (χ4v) is 4.43. The predicted molar refractivity (Wildman–Crippen MR) is 97.2 cm³/mol. The minimum absolute atomic E-state index is 0.212. The Hall–Kier alpha value is -3.80. The molecule has 0 unspecified atom stereocenters. The highest BCUT2D eigenvalue weighted by atomic mass is 16.5. The molecule has 0 radical (unpaired) electrons. The van der Waals surface area contributed by atoms with E-state index < -0.39 is 12.1 Å². The zero-order valence-corrected chi connectivity index (χ0v) is 14.9. The largest absolute Gasteiger partial charge is 0.493 e. The number of nitrogens with zero attached hydrogens (tertiary/aromatic N) is 5. The second-order valence-electron chi connectivity index (χ2n) is 6.87. The van der Waals surface area contributed by atoms with Crippen LogP contribution in [0.4, 0.5) is 4.79 Å². The van der Waals surface area contributed by atoms with Gasteiger partial charge in [-0.2, -0.15) is 5.26 Å². The fraction of sp³-hybridized carbons (Fsp3) is 0.263. The summed E-state index contributed by atoms with van der Waals surface area (Å²) in [6, 6.07) is 8.52. The average molecular weight is 377 g/mol. The van der Waals surface area contributed by atoms with Crippen molar-refractivity contribution < 1.29 is 14.6 Å². The van der Waals surface area contributed by atoms with Gasteiger partial charge in [0, 0.05) is 17.3 Å². The first-order chi connectivity index (χ1) is 13.6. The van der Waals surface area contributed by atoms with Gasteiger partial charge in [0.15, 0.2) is 0 Å². The number of imidazole rings is 1. The summed E-state index contributed by atoms with van der Waals surface area (Å²) in [5, 5.41) is 21.5. The Bertz CT molecular complexity index is 1250.